The molecule has 3 nitrogen and oxygen atoms in total. The maximum absolute atomic E-state index is 12.3. The lowest BCUT2D eigenvalue weighted by atomic mass is 10.0. The third-order valence-electron chi connectivity index (χ3n) is 3.49. The maximum atomic E-state index is 12.3. The molecule has 0 N–H and O–H groups in total. The summed E-state index contributed by atoms with van der Waals surface area (Å²) in [5.74, 6) is 1.10. The van der Waals surface area contributed by atoms with Gasteiger partial charge in [-0.15, -0.1) is 0 Å². The van der Waals surface area contributed by atoms with Crippen LogP contribution in [0.2, 0.25) is 0 Å². The molecule has 0 aromatic heterocycles. The summed E-state index contributed by atoms with van der Waals surface area (Å²) in [4.78, 5) is 14.4. The van der Waals surface area contributed by atoms with Gasteiger partial charge in [-0.25, -0.2) is 0 Å². The van der Waals surface area contributed by atoms with Crippen LogP contribution in [0.15, 0.2) is 18.2 Å². The zero-order chi connectivity index (χ0) is 15.0. The van der Waals surface area contributed by atoms with Crippen LogP contribution in [-0.4, -0.2) is 36.9 Å². The molecule has 0 aliphatic rings. The van der Waals surface area contributed by atoms with Gasteiger partial charge in [0, 0.05) is 5.56 Å². The maximum Gasteiger partial charge on any atom is 0.176 e. The number of rotatable bonds is 9. The highest BCUT2D eigenvalue weighted by molar-refractivity contribution is 5.98. The van der Waals surface area contributed by atoms with Crippen molar-refractivity contribution >= 4 is 5.78 Å². The first-order valence-electron chi connectivity index (χ1n) is 7.67. The van der Waals surface area contributed by atoms with E-state index in [-0.39, 0.29) is 5.78 Å². The zero-order valence-electron chi connectivity index (χ0n) is 13.2. The number of likely N-dealkylation sites (N-methyl/N-ethyl adjacent to an activating group) is 1. The third-order valence-corrected chi connectivity index (χ3v) is 3.49. The average Bonchev–Trinajstić information content (AvgIpc) is 2.49. The number of carbonyl (C=O) groups is 1. The monoisotopic (exact) mass is 277 g/mol. The molecule has 1 aromatic rings. The summed E-state index contributed by atoms with van der Waals surface area (Å²) in [6.45, 7) is 11.4. The van der Waals surface area contributed by atoms with Crippen LogP contribution in [0.25, 0.3) is 0 Å². The molecule has 112 valence electrons. The molecule has 0 saturated heterocycles. The Kier molecular flexibility index (Phi) is 7.31. The second kappa shape index (κ2) is 8.75. The van der Waals surface area contributed by atoms with Crippen molar-refractivity contribution in [1.82, 2.24) is 4.90 Å². The van der Waals surface area contributed by atoms with Crippen LogP contribution in [0, 0.1) is 0 Å². The topological polar surface area (TPSA) is 29.5 Å². The molecule has 0 unspecified atom stereocenters. The first-order valence-corrected chi connectivity index (χ1v) is 7.67. The number of carbonyl (C=O) groups excluding carboxylic acids is 1. The fourth-order valence-corrected chi connectivity index (χ4v) is 2.12. The SMILES string of the molecule is CCCOc1ccc(C(=O)CN(CC)CC)cc1CC. The average molecular weight is 277 g/mol. The fraction of sp³-hybridized carbons (Fsp3) is 0.588. The Morgan fingerprint density at radius 3 is 2.40 bits per heavy atom. The Labute approximate surface area is 122 Å². The first kappa shape index (κ1) is 16.7. The van der Waals surface area contributed by atoms with E-state index in [9.17, 15) is 4.79 Å². The van der Waals surface area contributed by atoms with Crippen molar-refractivity contribution in [3.63, 3.8) is 0 Å². The highest BCUT2D eigenvalue weighted by atomic mass is 16.5. The van der Waals surface area contributed by atoms with Crippen LogP contribution in [0.1, 0.15) is 50.0 Å². The van der Waals surface area contributed by atoms with E-state index in [1.165, 1.54) is 0 Å². The molecule has 0 aliphatic heterocycles. The molecule has 0 radical (unpaired) electrons. The van der Waals surface area contributed by atoms with Gasteiger partial charge in [-0.05, 0) is 49.7 Å². The molecular formula is C17H27NO2. The van der Waals surface area contributed by atoms with E-state index in [0.717, 1.165) is 49.4 Å². The van der Waals surface area contributed by atoms with Gasteiger partial charge in [-0.2, -0.15) is 0 Å². The molecule has 3 heteroatoms. The fourth-order valence-electron chi connectivity index (χ4n) is 2.12. The number of nitrogens with zero attached hydrogens (tertiary/aromatic N) is 1. The van der Waals surface area contributed by atoms with Gasteiger partial charge in [0.05, 0.1) is 13.2 Å². The molecule has 0 fully saturated rings. The van der Waals surface area contributed by atoms with Crippen molar-refractivity contribution in [2.45, 2.75) is 40.5 Å². The molecule has 0 saturated carbocycles. The van der Waals surface area contributed by atoms with Crippen molar-refractivity contribution in [3.8, 4) is 5.75 Å². The van der Waals surface area contributed by atoms with Gasteiger partial charge in [-0.3, -0.25) is 9.69 Å². The summed E-state index contributed by atoms with van der Waals surface area (Å²) in [6.07, 6.45) is 1.87. The second-order valence-electron chi connectivity index (χ2n) is 4.91. The van der Waals surface area contributed by atoms with Crippen molar-refractivity contribution < 1.29 is 9.53 Å². The smallest absolute Gasteiger partial charge is 0.176 e. The highest BCUT2D eigenvalue weighted by Gasteiger charge is 2.12. The number of Topliss-reactive ketones (excluding diaryl/α,β-unsaturated/α-hetero) is 1. The van der Waals surface area contributed by atoms with Gasteiger partial charge in [0.25, 0.3) is 0 Å². The number of ketones is 1. The summed E-state index contributed by atoms with van der Waals surface area (Å²) in [7, 11) is 0. The minimum absolute atomic E-state index is 0.186. The number of hydrogen-bond donors (Lipinski definition) is 0. The van der Waals surface area contributed by atoms with Crippen molar-refractivity contribution in [3.05, 3.63) is 29.3 Å². The van der Waals surface area contributed by atoms with Gasteiger partial charge in [0.1, 0.15) is 5.75 Å². The second-order valence-corrected chi connectivity index (χ2v) is 4.91. The van der Waals surface area contributed by atoms with Crippen molar-refractivity contribution in [2.75, 3.05) is 26.2 Å². The van der Waals surface area contributed by atoms with Crippen LogP contribution in [0.5, 0.6) is 5.75 Å². The van der Waals surface area contributed by atoms with Crippen LogP contribution in [0.3, 0.4) is 0 Å². The molecule has 20 heavy (non-hydrogen) atoms. The first-order chi connectivity index (χ1) is 9.65. The largest absolute Gasteiger partial charge is 0.493 e. The Morgan fingerprint density at radius 1 is 1.15 bits per heavy atom. The summed E-state index contributed by atoms with van der Waals surface area (Å²) < 4.78 is 5.71. The van der Waals surface area contributed by atoms with E-state index in [1.54, 1.807) is 0 Å². The predicted molar refractivity (Wildman–Crippen MR) is 83.7 cm³/mol. The molecule has 1 rings (SSSR count). The Balaban J connectivity index is 2.83. The predicted octanol–water partition coefficient (Wildman–Crippen LogP) is 3.56. The zero-order valence-corrected chi connectivity index (χ0v) is 13.2. The summed E-state index contributed by atoms with van der Waals surface area (Å²) in [5.41, 5.74) is 1.90. The van der Waals surface area contributed by atoms with E-state index < -0.39 is 0 Å². The quantitative estimate of drug-likeness (QED) is 0.646. The standard InChI is InChI=1S/C17H27NO2/c1-5-11-20-17-10-9-15(12-14(17)6-2)16(19)13-18(7-3)8-4/h9-10,12H,5-8,11,13H2,1-4H3. The Bertz CT molecular complexity index is 425. The van der Waals surface area contributed by atoms with Crippen LogP contribution < -0.4 is 4.74 Å². The number of benzene rings is 1. The van der Waals surface area contributed by atoms with E-state index in [4.69, 9.17) is 4.74 Å². The van der Waals surface area contributed by atoms with E-state index in [0.29, 0.717) is 6.54 Å². The van der Waals surface area contributed by atoms with Crippen LogP contribution in [0.4, 0.5) is 0 Å². The lowest BCUT2D eigenvalue weighted by molar-refractivity contribution is 0.0937. The van der Waals surface area contributed by atoms with E-state index in [1.807, 2.05) is 18.2 Å². The van der Waals surface area contributed by atoms with E-state index >= 15 is 0 Å². The summed E-state index contributed by atoms with van der Waals surface area (Å²) in [6, 6.07) is 5.80. The Hall–Kier alpha value is -1.35. The minimum atomic E-state index is 0.186. The van der Waals surface area contributed by atoms with Crippen molar-refractivity contribution in [1.29, 1.82) is 0 Å². The Morgan fingerprint density at radius 2 is 1.85 bits per heavy atom. The minimum Gasteiger partial charge on any atom is -0.493 e. The highest BCUT2D eigenvalue weighted by Crippen LogP contribution is 2.21. The summed E-state index contributed by atoms with van der Waals surface area (Å²) in [5, 5.41) is 0. The molecule has 0 spiro atoms. The number of ether oxygens (including phenoxy) is 1. The third kappa shape index (κ3) is 4.64. The lowest BCUT2D eigenvalue weighted by Crippen LogP contribution is -2.29. The van der Waals surface area contributed by atoms with Crippen LogP contribution in [-0.2, 0) is 6.42 Å². The normalized spacial score (nSPS) is 10.8. The van der Waals surface area contributed by atoms with Crippen molar-refractivity contribution in [2.24, 2.45) is 0 Å². The molecule has 0 heterocycles. The summed E-state index contributed by atoms with van der Waals surface area (Å²) >= 11 is 0. The van der Waals surface area contributed by atoms with Gasteiger partial charge < -0.3 is 4.74 Å². The molecular weight excluding hydrogens is 250 g/mol. The molecule has 0 bridgehead atoms. The van der Waals surface area contributed by atoms with Gasteiger partial charge >= 0.3 is 0 Å². The molecule has 0 amide bonds. The van der Waals surface area contributed by atoms with Gasteiger partial charge in [0.2, 0.25) is 0 Å². The molecule has 1 aromatic carbocycles. The van der Waals surface area contributed by atoms with E-state index in [2.05, 4.69) is 32.6 Å². The van der Waals surface area contributed by atoms with Gasteiger partial charge in [-0.1, -0.05) is 27.7 Å². The lowest BCUT2D eigenvalue weighted by Gasteiger charge is -2.17. The number of hydrogen-bond acceptors (Lipinski definition) is 3. The molecule has 0 aliphatic carbocycles. The number of aryl methyl sites for hydroxylation is 1. The van der Waals surface area contributed by atoms with Crippen LogP contribution >= 0.6 is 0 Å². The van der Waals surface area contributed by atoms with Gasteiger partial charge in [0.15, 0.2) is 5.78 Å². The molecule has 0 atom stereocenters.